The van der Waals surface area contributed by atoms with Gasteiger partial charge in [0.25, 0.3) is 0 Å². The number of ether oxygens (including phenoxy) is 2. The first-order chi connectivity index (χ1) is 23.8. The minimum Gasteiger partial charge on any atom is -0.497 e. The van der Waals surface area contributed by atoms with Crippen LogP contribution in [-0.4, -0.2) is 14.2 Å². The molecule has 0 spiro atoms. The molecule has 0 atom stereocenters. The van der Waals surface area contributed by atoms with Crippen LogP contribution in [0.25, 0.3) is 0 Å². The topological polar surface area (TPSA) is 18.5 Å². The van der Waals surface area contributed by atoms with E-state index >= 15 is 0 Å². The van der Waals surface area contributed by atoms with Gasteiger partial charge in [0.15, 0.2) is 0 Å². The van der Waals surface area contributed by atoms with Crippen LogP contribution in [0.15, 0.2) is 146 Å². The molecule has 2 nitrogen and oxygen atoms in total. The molecule has 0 saturated heterocycles. The van der Waals surface area contributed by atoms with E-state index in [-0.39, 0.29) is 0 Å². The standard InChI is InChI=1S/C8H9Cl.2C8H10O.2C8H10.C7H8/c1-6-3-4-8(9)5-7(6)2;1-7-3-5-8(9-2)6-4-7;1-7-4-3-5-8(6-7)9-2;1-7-4-3-5-8(2)6-7;1-7-5-3-4-6-8(7)2;1-7-5-3-2-4-6-7/h3-5H,1-2H3;2*3-6H,1-2H3;2*3-6H,1-2H3;2-6H,1H3. The van der Waals surface area contributed by atoms with E-state index in [9.17, 15) is 0 Å². The Hall–Kier alpha value is -4.79. The number of hydrogen-bond acceptors (Lipinski definition) is 2. The Kier molecular flexibility index (Phi) is 21.8. The largest absolute Gasteiger partial charge is 0.497 e. The molecule has 0 N–H and O–H groups in total. The van der Waals surface area contributed by atoms with Crippen molar-refractivity contribution >= 4 is 11.6 Å². The highest BCUT2D eigenvalue weighted by atomic mass is 35.5. The Morgan fingerprint density at radius 1 is 0.320 bits per heavy atom. The summed E-state index contributed by atoms with van der Waals surface area (Å²) in [5, 5.41) is 0.818. The molecule has 0 radical (unpaired) electrons. The van der Waals surface area contributed by atoms with Crippen LogP contribution in [0, 0.1) is 62.3 Å². The molecule has 0 aliphatic heterocycles. The van der Waals surface area contributed by atoms with Crippen molar-refractivity contribution in [2.24, 2.45) is 0 Å². The SMILES string of the molecule is COc1ccc(C)cc1.COc1cccc(C)c1.Cc1ccc(Cl)cc1C.Cc1cccc(C)c1.Cc1ccccc1.Cc1ccccc1C. The second kappa shape index (κ2) is 25.2. The summed E-state index contributed by atoms with van der Waals surface area (Å²) in [4.78, 5) is 0. The summed E-state index contributed by atoms with van der Waals surface area (Å²) in [7, 11) is 3.35. The maximum Gasteiger partial charge on any atom is 0.119 e. The van der Waals surface area contributed by atoms with Gasteiger partial charge in [0.2, 0.25) is 0 Å². The van der Waals surface area contributed by atoms with Crippen LogP contribution >= 0.6 is 11.6 Å². The molecule has 264 valence electrons. The fourth-order valence-corrected chi connectivity index (χ4v) is 4.35. The lowest BCUT2D eigenvalue weighted by molar-refractivity contribution is 0.414. The van der Waals surface area contributed by atoms with Gasteiger partial charge >= 0.3 is 0 Å². The van der Waals surface area contributed by atoms with Gasteiger partial charge < -0.3 is 9.47 Å². The maximum absolute atomic E-state index is 5.72. The lowest BCUT2D eigenvalue weighted by Gasteiger charge is -1.97. The molecule has 0 aliphatic carbocycles. The highest BCUT2D eigenvalue weighted by Gasteiger charge is 1.91. The van der Waals surface area contributed by atoms with Crippen LogP contribution < -0.4 is 9.47 Å². The zero-order chi connectivity index (χ0) is 37.3. The number of halogens is 1. The molecule has 3 heteroatoms. The van der Waals surface area contributed by atoms with Crippen LogP contribution in [0.5, 0.6) is 11.5 Å². The van der Waals surface area contributed by atoms with Crippen LogP contribution in [-0.2, 0) is 0 Å². The molecule has 6 aromatic rings. The quantitative estimate of drug-likeness (QED) is 0.180. The van der Waals surface area contributed by atoms with Crippen LogP contribution in [0.4, 0.5) is 0 Å². The second-order valence-electron chi connectivity index (χ2n) is 12.2. The molecule has 0 aliphatic rings. The maximum atomic E-state index is 5.72. The Bertz CT molecular complexity index is 1720. The highest BCUT2D eigenvalue weighted by molar-refractivity contribution is 6.30. The van der Waals surface area contributed by atoms with Gasteiger partial charge in [-0.15, -0.1) is 0 Å². The van der Waals surface area contributed by atoms with Gasteiger partial charge in [-0.2, -0.15) is 0 Å². The smallest absolute Gasteiger partial charge is 0.119 e. The van der Waals surface area contributed by atoms with Gasteiger partial charge in [-0.1, -0.05) is 143 Å². The predicted octanol–water partition coefficient (Wildman–Crippen LogP) is 13.6. The lowest BCUT2D eigenvalue weighted by atomic mass is 10.1. The van der Waals surface area contributed by atoms with Crippen LogP contribution in [0.1, 0.15) is 50.1 Å². The second-order valence-corrected chi connectivity index (χ2v) is 12.6. The van der Waals surface area contributed by atoms with Gasteiger partial charge in [-0.3, -0.25) is 0 Å². The van der Waals surface area contributed by atoms with E-state index in [0.717, 1.165) is 16.5 Å². The summed E-state index contributed by atoms with van der Waals surface area (Å²) in [6.07, 6.45) is 0. The molecule has 6 rings (SSSR count). The Morgan fingerprint density at radius 3 is 1.08 bits per heavy atom. The lowest BCUT2D eigenvalue weighted by Crippen LogP contribution is -1.81. The van der Waals surface area contributed by atoms with Crippen molar-refractivity contribution in [3.63, 3.8) is 0 Å². The molecule has 0 bridgehead atoms. The fraction of sp³-hybridized carbons (Fsp3) is 0.234. The first-order valence-corrected chi connectivity index (χ1v) is 17.2. The summed E-state index contributed by atoms with van der Waals surface area (Å²) in [6.45, 7) is 18.8. The predicted molar refractivity (Wildman–Crippen MR) is 219 cm³/mol. The van der Waals surface area contributed by atoms with Crippen molar-refractivity contribution in [3.05, 3.63) is 201 Å². The van der Waals surface area contributed by atoms with Gasteiger partial charge in [0.1, 0.15) is 11.5 Å². The van der Waals surface area contributed by atoms with E-state index in [1.807, 2.05) is 91.9 Å². The van der Waals surface area contributed by atoms with Gasteiger partial charge in [-0.05, 0) is 127 Å². The summed E-state index contributed by atoms with van der Waals surface area (Å²) in [5.41, 5.74) is 11.8. The molecule has 0 heterocycles. The Morgan fingerprint density at radius 2 is 0.740 bits per heavy atom. The van der Waals surface area contributed by atoms with Crippen molar-refractivity contribution in [1.29, 1.82) is 0 Å². The summed E-state index contributed by atoms with van der Waals surface area (Å²) in [6, 6.07) is 48.9. The molecule has 0 amide bonds. The average Bonchev–Trinajstić information content (AvgIpc) is 3.10. The zero-order valence-corrected chi connectivity index (χ0v) is 32.8. The number of rotatable bonds is 2. The third-order valence-electron chi connectivity index (χ3n) is 7.49. The zero-order valence-electron chi connectivity index (χ0n) is 32.1. The number of hydrogen-bond donors (Lipinski definition) is 0. The normalized spacial score (nSPS) is 9.20. The van der Waals surface area contributed by atoms with E-state index in [4.69, 9.17) is 21.1 Å². The molecule has 50 heavy (non-hydrogen) atoms. The highest BCUT2D eigenvalue weighted by Crippen LogP contribution is 2.13. The molecule has 0 saturated carbocycles. The molecular weight excluding hydrogens is 632 g/mol. The number of methoxy groups -OCH3 is 2. The minimum atomic E-state index is 0.818. The van der Waals surface area contributed by atoms with E-state index in [0.29, 0.717) is 0 Å². The average molecular weight is 689 g/mol. The van der Waals surface area contributed by atoms with Gasteiger partial charge in [0, 0.05) is 5.02 Å². The summed E-state index contributed by atoms with van der Waals surface area (Å²) < 4.78 is 9.96. The molecular formula is C47H57ClO2. The summed E-state index contributed by atoms with van der Waals surface area (Å²) >= 11 is 5.72. The van der Waals surface area contributed by atoms with E-state index in [2.05, 4.69) is 116 Å². The van der Waals surface area contributed by atoms with Crippen molar-refractivity contribution in [2.75, 3.05) is 14.2 Å². The van der Waals surface area contributed by atoms with Crippen molar-refractivity contribution in [1.82, 2.24) is 0 Å². The minimum absolute atomic E-state index is 0.818. The first-order valence-electron chi connectivity index (χ1n) is 16.9. The van der Waals surface area contributed by atoms with Crippen LogP contribution in [0.2, 0.25) is 5.02 Å². The molecule has 0 fully saturated rings. The Balaban J connectivity index is 0.000000301. The number of aryl methyl sites for hydroxylation is 9. The van der Waals surface area contributed by atoms with Gasteiger partial charge in [-0.25, -0.2) is 0 Å². The van der Waals surface area contributed by atoms with Crippen molar-refractivity contribution in [3.8, 4) is 11.5 Å². The fourth-order valence-electron chi connectivity index (χ4n) is 4.13. The van der Waals surface area contributed by atoms with E-state index in [1.54, 1.807) is 14.2 Å². The third-order valence-corrected chi connectivity index (χ3v) is 7.73. The van der Waals surface area contributed by atoms with Crippen molar-refractivity contribution in [2.45, 2.75) is 62.3 Å². The molecule has 0 aromatic heterocycles. The number of benzene rings is 6. The monoisotopic (exact) mass is 688 g/mol. The van der Waals surface area contributed by atoms with Gasteiger partial charge in [0.05, 0.1) is 14.2 Å². The van der Waals surface area contributed by atoms with E-state index in [1.165, 1.54) is 50.1 Å². The van der Waals surface area contributed by atoms with Crippen molar-refractivity contribution < 1.29 is 9.47 Å². The molecule has 6 aromatic carbocycles. The third kappa shape index (κ3) is 20.5. The Labute approximate surface area is 308 Å². The molecule has 0 unspecified atom stereocenters. The van der Waals surface area contributed by atoms with Crippen LogP contribution in [0.3, 0.4) is 0 Å². The van der Waals surface area contributed by atoms with E-state index < -0.39 is 0 Å². The first kappa shape index (κ1) is 43.2. The summed E-state index contributed by atoms with van der Waals surface area (Å²) in [5.74, 6) is 1.84.